The van der Waals surface area contributed by atoms with Gasteiger partial charge in [0.05, 0.1) is 0 Å². The number of imide groups is 1. The van der Waals surface area contributed by atoms with Crippen molar-refractivity contribution in [3.8, 4) is 0 Å². The molecule has 5 nitrogen and oxygen atoms in total. The Morgan fingerprint density at radius 2 is 1.62 bits per heavy atom. The molecule has 26 heavy (non-hydrogen) atoms. The number of amides is 2. The van der Waals surface area contributed by atoms with Crippen LogP contribution in [0.2, 0.25) is 18.1 Å². The molecule has 1 aliphatic rings. The molecule has 2 amide bonds. The lowest BCUT2D eigenvalue weighted by atomic mass is 9.91. The van der Waals surface area contributed by atoms with Gasteiger partial charge in [0, 0.05) is 0 Å². The van der Waals surface area contributed by atoms with Crippen molar-refractivity contribution in [3.63, 3.8) is 0 Å². The predicted octanol–water partition coefficient (Wildman–Crippen LogP) is 4.90. The highest BCUT2D eigenvalue weighted by Gasteiger charge is 2.55. The Hall–Kier alpha value is -1.66. The third-order valence-corrected chi connectivity index (χ3v) is 9.71. The molecule has 2 atom stereocenters. The quantitative estimate of drug-likeness (QED) is 0.523. The Kier molecular flexibility index (Phi) is 6.29. The molecule has 0 aliphatic carbocycles. The van der Waals surface area contributed by atoms with Gasteiger partial charge in [-0.25, -0.2) is 9.69 Å². The van der Waals surface area contributed by atoms with Crippen molar-refractivity contribution < 1.29 is 18.8 Å². The molecule has 1 saturated heterocycles. The van der Waals surface area contributed by atoms with Crippen molar-refractivity contribution in [2.24, 2.45) is 0 Å². The molecule has 0 unspecified atom stereocenters. The average molecular weight is 378 g/mol. The lowest BCUT2D eigenvalue weighted by Gasteiger charge is -2.48. The van der Waals surface area contributed by atoms with Gasteiger partial charge in [-0.3, -0.25) is 4.79 Å². The first-order valence-electron chi connectivity index (χ1n) is 9.47. The van der Waals surface area contributed by atoms with E-state index in [1.165, 1.54) is 4.90 Å². The highest BCUT2D eigenvalue weighted by atomic mass is 28.4. The molecule has 2 rings (SSSR count). The molecular weight excluding hydrogens is 346 g/mol. The van der Waals surface area contributed by atoms with Gasteiger partial charge < -0.3 is 9.16 Å². The van der Waals surface area contributed by atoms with Crippen LogP contribution in [0.3, 0.4) is 0 Å². The Bertz CT molecular complexity index is 629. The summed E-state index contributed by atoms with van der Waals surface area (Å²) < 4.78 is 11.9. The van der Waals surface area contributed by atoms with E-state index < -0.39 is 32.2 Å². The monoisotopic (exact) mass is 377 g/mol. The van der Waals surface area contributed by atoms with Crippen molar-refractivity contribution in [1.82, 2.24) is 4.90 Å². The van der Waals surface area contributed by atoms with Crippen LogP contribution in [0.5, 0.6) is 0 Å². The minimum Gasteiger partial charge on any atom is -0.443 e. The van der Waals surface area contributed by atoms with Crippen LogP contribution in [0, 0.1) is 0 Å². The third kappa shape index (κ3) is 4.18. The Balaban J connectivity index is 2.32. The zero-order chi connectivity index (χ0) is 19.5. The number of likely N-dealkylation sites (tertiary alicyclic amines) is 1. The van der Waals surface area contributed by atoms with Crippen LogP contribution < -0.4 is 0 Å². The van der Waals surface area contributed by atoms with E-state index in [1.807, 2.05) is 30.3 Å². The molecular formula is C20H31NO4Si. The van der Waals surface area contributed by atoms with Crippen LogP contribution in [-0.2, 0) is 14.0 Å². The molecule has 0 spiro atoms. The summed E-state index contributed by atoms with van der Waals surface area (Å²) in [6.45, 7) is 11.8. The molecule has 0 aromatic heterocycles. The number of carbonyl (C=O) groups excluding carboxylic acids is 2. The molecule has 1 fully saturated rings. The molecule has 1 aromatic rings. The van der Waals surface area contributed by atoms with Gasteiger partial charge in [0.25, 0.3) is 5.91 Å². The van der Waals surface area contributed by atoms with Gasteiger partial charge in [0.2, 0.25) is 0 Å². The van der Waals surface area contributed by atoms with E-state index in [-0.39, 0.29) is 5.91 Å². The van der Waals surface area contributed by atoms with Crippen LogP contribution in [0.1, 0.15) is 53.1 Å². The number of hydrogen-bond donors (Lipinski definition) is 0. The van der Waals surface area contributed by atoms with E-state index in [2.05, 4.69) is 20.8 Å². The first-order valence-corrected chi connectivity index (χ1v) is 12.0. The molecule has 0 N–H and O–H groups in total. The summed E-state index contributed by atoms with van der Waals surface area (Å²) in [4.78, 5) is 26.6. The van der Waals surface area contributed by atoms with Crippen LogP contribution in [0.4, 0.5) is 4.79 Å². The maximum Gasteiger partial charge on any atom is 0.417 e. The van der Waals surface area contributed by atoms with Gasteiger partial charge in [-0.05, 0) is 44.5 Å². The highest BCUT2D eigenvalue weighted by Crippen LogP contribution is 2.41. The zero-order valence-electron chi connectivity index (χ0n) is 16.7. The second-order valence-electron chi connectivity index (χ2n) is 7.83. The van der Waals surface area contributed by atoms with Gasteiger partial charge in [0.15, 0.2) is 14.4 Å². The lowest BCUT2D eigenvalue weighted by molar-refractivity contribution is -0.162. The summed E-state index contributed by atoms with van der Waals surface area (Å²) in [5.41, 5.74) is 0.244. The molecule has 1 aliphatic heterocycles. The summed E-state index contributed by atoms with van der Waals surface area (Å²) in [6, 6.07) is 12.0. The molecule has 144 valence electrons. The normalized spacial score (nSPS) is 20.7. The zero-order valence-corrected chi connectivity index (χ0v) is 17.7. The topological polar surface area (TPSA) is 55.8 Å². The number of carbonyl (C=O) groups is 2. The SMILES string of the molecule is CC[Si](CC)(CC)O[C@H]1C(=O)N(C(=O)OC(C)(C)C)[C@H]1c1ccccc1. The van der Waals surface area contributed by atoms with E-state index in [9.17, 15) is 9.59 Å². The van der Waals surface area contributed by atoms with E-state index in [0.717, 1.165) is 23.7 Å². The largest absolute Gasteiger partial charge is 0.443 e. The number of hydrogen-bond acceptors (Lipinski definition) is 4. The van der Waals surface area contributed by atoms with Gasteiger partial charge in [-0.1, -0.05) is 51.1 Å². The fraction of sp³-hybridized carbons (Fsp3) is 0.600. The number of β-lactam (4-membered cyclic amide) rings is 1. The second kappa shape index (κ2) is 7.92. The fourth-order valence-corrected chi connectivity index (χ4v) is 6.10. The van der Waals surface area contributed by atoms with E-state index in [0.29, 0.717) is 0 Å². The summed E-state index contributed by atoms with van der Waals surface area (Å²) in [7, 11) is -1.98. The summed E-state index contributed by atoms with van der Waals surface area (Å²) in [6.07, 6.45) is -1.20. The van der Waals surface area contributed by atoms with Gasteiger partial charge in [0.1, 0.15) is 11.6 Å². The van der Waals surface area contributed by atoms with Gasteiger partial charge >= 0.3 is 6.09 Å². The highest BCUT2D eigenvalue weighted by molar-refractivity contribution is 6.73. The first kappa shape index (κ1) is 20.6. The fourth-order valence-electron chi connectivity index (χ4n) is 3.34. The van der Waals surface area contributed by atoms with Gasteiger partial charge in [-0.15, -0.1) is 0 Å². The summed E-state index contributed by atoms with van der Waals surface area (Å²) >= 11 is 0. The van der Waals surface area contributed by atoms with Crippen molar-refractivity contribution in [1.29, 1.82) is 0 Å². The molecule has 0 saturated carbocycles. The minimum absolute atomic E-state index is 0.291. The lowest BCUT2D eigenvalue weighted by Crippen LogP contribution is -2.65. The average Bonchev–Trinajstić information content (AvgIpc) is 2.60. The maximum atomic E-state index is 12.8. The second-order valence-corrected chi connectivity index (χ2v) is 12.5. The smallest absolute Gasteiger partial charge is 0.417 e. The van der Waals surface area contributed by atoms with Crippen molar-refractivity contribution >= 4 is 20.3 Å². The van der Waals surface area contributed by atoms with Crippen molar-refractivity contribution in [2.45, 2.75) is 77.4 Å². The van der Waals surface area contributed by atoms with Crippen LogP contribution in [0.25, 0.3) is 0 Å². The number of rotatable bonds is 6. The van der Waals surface area contributed by atoms with E-state index >= 15 is 0 Å². The number of nitrogens with zero attached hydrogens (tertiary/aromatic N) is 1. The van der Waals surface area contributed by atoms with E-state index in [1.54, 1.807) is 20.8 Å². The summed E-state index contributed by atoms with van der Waals surface area (Å²) in [5.74, 6) is -0.291. The molecule has 1 heterocycles. The number of benzene rings is 1. The third-order valence-electron chi connectivity index (χ3n) is 5.09. The summed E-state index contributed by atoms with van der Waals surface area (Å²) in [5, 5.41) is 0. The first-order chi connectivity index (χ1) is 12.2. The molecule has 0 bridgehead atoms. The minimum atomic E-state index is -1.98. The Morgan fingerprint density at radius 3 is 2.08 bits per heavy atom. The van der Waals surface area contributed by atoms with Crippen LogP contribution in [-0.4, -0.2) is 36.9 Å². The Morgan fingerprint density at radius 1 is 1.08 bits per heavy atom. The molecule has 0 radical (unpaired) electrons. The molecule has 1 aromatic carbocycles. The van der Waals surface area contributed by atoms with Crippen molar-refractivity contribution in [2.75, 3.05) is 0 Å². The van der Waals surface area contributed by atoms with Crippen LogP contribution in [0.15, 0.2) is 30.3 Å². The predicted molar refractivity (Wildman–Crippen MR) is 104 cm³/mol. The molecule has 6 heteroatoms. The standard InChI is InChI=1S/C20H31NO4Si/c1-7-26(8-2,9-3)25-17-16(15-13-11-10-12-14-15)21(18(17)22)19(23)24-20(4,5)6/h10-14,16-17H,7-9H2,1-6H3/t16-,17+/m0/s1. The maximum absolute atomic E-state index is 12.8. The van der Waals surface area contributed by atoms with Crippen molar-refractivity contribution in [3.05, 3.63) is 35.9 Å². The van der Waals surface area contributed by atoms with Gasteiger partial charge in [-0.2, -0.15) is 0 Å². The number of ether oxygens (including phenoxy) is 1. The van der Waals surface area contributed by atoms with Crippen LogP contribution >= 0.6 is 0 Å². The van der Waals surface area contributed by atoms with E-state index in [4.69, 9.17) is 9.16 Å². The Labute approximate surface area is 157 Å².